The lowest BCUT2D eigenvalue weighted by Crippen LogP contribution is -2.70. The molecule has 7 atom stereocenters. The Morgan fingerprint density at radius 2 is 1.69 bits per heavy atom. The van der Waals surface area contributed by atoms with Crippen molar-refractivity contribution in [3.63, 3.8) is 0 Å². The molecule has 16 nitrogen and oxygen atoms in total. The molecule has 1 amide bonds. The number of nitrogens with zero attached hydrogens (tertiary/aromatic N) is 2. The highest BCUT2D eigenvalue weighted by Crippen LogP contribution is 2.62. The van der Waals surface area contributed by atoms with E-state index in [0.717, 1.165) is 67.1 Å². The number of ether oxygens (including phenoxy) is 9. The lowest BCUT2D eigenvalue weighted by atomic mass is 9.55. The molecule has 74 heavy (non-hydrogen) atoms. The number of hydrogen-bond acceptors (Lipinski definition) is 15. The molecule has 4 aromatic rings. The molecule has 9 rings (SSSR count). The van der Waals surface area contributed by atoms with Gasteiger partial charge >= 0.3 is 6.09 Å². The number of carbonyl (C=O) groups excluding carboxylic acids is 2. The van der Waals surface area contributed by atoms with E-state index in [-0.39, 0.29) is 70.5 Å². The number of aliphatic hydroxyl groups excluding tert-OH is 2. The Morgan fingerprint density at radius 3 is 2.47 bits per heavy atom. The number of aldehydes is 1. The number of allylic oxidation sites excluding steroid dienone is 1. The van der Waals surface area contributed by atoms with E-state index >= 15 is 4.79 Å². The Labute approximate surface area is 432 Å². The summed E-state index contributed by atoms with van der Waals surface area (Å²) < 4.78 is 56.4. The van der Waals surface area contributed by atoms with Crippen LogP contribution in [-0.4, -0.2) is 105 Å². The van der Waals surface area contributed by atoms with E-state index in [0.29, 0.717) is 78.2 Å². The van der Waals surface area contributed by atoms with Gasteiger partial charge in [0, 0.05) is 44.1 Å². The number of carbonyl (C=O) groups is 2. The molecule has 0 bridgehead atoms. The van der Waals surface area contributed by atoms with Crippen LogP contribution in [0.4, 0.5) is 4.79 Å². The molecule has 16 heteroatoms. The van der Waals surface area contributed by atoms with Crippen LogP contribution < -0.4 is 23.7 Å². The fourth-order valence-electron chi connectivity index (χ4n) is 11.2. The molecule has 3 aliphatic heterocycles. The first-order valence-electron chi connectivity index (χ1n) is 26.0. The second kappa shape index (κ2) is 25.2. The van der Waals surface area contributed by atoms with Crippen LogP contribution in [0.3, 0.4) is 0 Å². The second-order valence-corrected chi connectivity index (χ2v) is 19.3. The van der Waals surface area contributed by atoms with Gasteiger partial charge < -0.3 is 57.7 Å². The van der Waals surface area contributed by atoms with Crippen molar-refractivity contribution in [2.24, 2.45) is 22.9 Å². The lowest BCUT2D eigenvalue weighted by Gasteiger charge is -2.59. The number of unbranched alkanes of at least 4 members (excludes halogenated alkanes) is 2. The van der Waals surface area contributed by atoms with Crippen LogP contribution in [0.1, 0.15) is 97.2 Å². The molecule has 1 saturated heterocycles. The van der Waals surface area contributed by atoms with Gasteiger partial charge in [-0.2, -0.15) is 0 Å². The minimum Gasteiger partial charge on any atom is -0.496 e. The van der Waals surface area contributed by atoms with Gasteiger partial charge in [0.1, 0.15) is 35.6 Å². The Kier molecular flexibility index (Phi) is 17.9. The van der Waals surface area contributed by atoms with E-state index in [1.165, 1.54) is 7.11 Å². The number of rotatable bonds is 25. The Bertz CT molecular complexity index is 2600. The molecule has 7 unspecified atom stereocenters. The predicted molar refractivity (Wildman–Crippen MR) is 274 cm³/mol. The van der Waals surface area contributed by atoms with Gasteiger partial charge in [-0.1, -0.05) is 66.5 Å². The van der Waals surface area contributed by atoms with Crippen LogP contribution in [0.5, 0.6) is 34.5 Å². The summed E-state index contributed by atoms with van der Waals surface area (Å²) in [6, 6.07) is 25.3. The highest BCUT2D eigenvalue weighted by atomic mass is 16.8. The zero-order valence-corrected chi connectivity index (χ0v) is 42.1. The molecular formula is C58H68N2O14. The van der Waals surface area contributed by atoms with E-state index in [4.69, 9.17) is 52.6 Å². The molecule has 1 saturated carbocycles. The molecule has 2 fully saturated rings. The topological polar surface area (TPSA) is 182 Å². The maximum atomic E-state index is 15.2. The first kappa shape index (κ1) is 52.4. The van der Waals surface area contributed by atoms with E-state index < -0.39 is 30.1 Å². The minimum atomic E-state index is -1.58. The van der Waals surface area contributed by atoms with Crippen molar-refractivity contribution in [2.45, 2.75) is 101 Å². The van der Waals surface area contributed by atoms with Gasteiger partial charge in [-0.15, -0.1) is 6.58 Å². The molecule has 2 N–H and O–H groups in total. The van der Waals surface area contributed by atoms with E-state index in [9.17, 15) is 15.0 Å². The fraction of sp³-hybridized carbons (Fsp3) is 0.466. The Hall–Kier alpha value is -6.43. The van der Waals surface area contributed by atoms with Gasteiger partial charge in [0.15, 0.2) is 17.8 Å². The van der Waals surface area contributed by atoms with E-state index in [2.05, 4.69) is 12.7 Å². The fourth-order valence-corrected chi connectivity index (χ4v) is 11.2. The van der Waals surface area contributed by atoms with Crippen molar-refractivity contribution < 1.29 is 67.3 Å². The van der Waals surface area contributed by atoms with Gasteiger partial charge in [0.05, 0.1) is 50.7 Å². The molecular weight excluding hydrogens is 949 g/mol. The SMILES string of the molecule is C=CCOC12Oc3ccc(Oc4ccc(OC)c(C=O)c4)cc3C3C(CCCCO)C(CCCCO)C=C(C(=NOC4CCCCO4)CC1N(Cc1ccc4c(c1)OCO4)C(=O)OCCOCc1ccccc1)C32. The maximum Gasteiger partial charge on any atom is 0.410 e. The van der Waals surface area contributed by atoms with Crippen molar-refractivity contribution in [1.82, 2.24) is 4.90 Å². The van der Waals surface area contributed by atoms with Crippen LogP contribution in [-0.2, 0) is 36.9 Å². The quantitative estimate of drug-likeness (QED) is 0.0277. The monoisotopic (exact) mass is 1020 g/mol. The summed E-state index contributed by atoms with van der Waals surface area (Å²) in [6.07, 6.45) is 10.4. The average Bonchev–Trinajstić information content (AvgIpc) is 3.91. The Balaban J connectivity index is 1.19. The average molecular weight is 1020 g/mol. The summed E-state index contributed by atoms with van der Waals surface area (Å²) in [4.78, 5) is 35.3. The third kappa shape index (κ3) is 11.9. The summed E-state index contributed by atoms with van der Waals surface area (Å²) in [5.41, 5.74) is 4.43. The number of hydrogen-bond donors (Lipinski definition) is 2. The molecule has 0 radical (unpaired) electrons. The zero-order chi connectivity index (χ0) is 51.3. The van der Waals surface area contributed by atoms with Gasteiger partial charge in [-0.05, 0) is 116 Å². The molecule has 4 aromatic carbocycles. The van der Waals surface area contributed by atoms with Crippen molar-refractivity contribution in [3.8, 4) is 34.5 Å². The molecule has 2 aliphatic carbocycles. The number of aliphatic hydroxyl groups is 2. The summed E-state index contributed by atoms with van der Waals surface area (Å²) in [6.45, 7) is 5.41. The maximum absolute atomic E-state index is 15.2. The molecule has 3 heterocycles. The molecule has 0 spiro atoms. The number of amides is 1. The zero-order valence-electron chi connectivity index (χ0n) is 42.1. The van der Waals surface area contributed by atoms with Crippen molar-refractivity contribution >= 4 is 18.1 Å². The Morgan fingerprint density at radius 1 is 0.892 bits per heavy atom. The molecule has 5 aliphatic rings. The van der Waals surface area contributed by atoms with Crippen molar-refractivity contribution in [2.75, 3.05) is 53.5 Å². The summed E-state index contributed by atoms with van der Waals surface area (Å²) in [5, 5.41) is 25.2. The van der Waals surface area contributed by atoms with Gasteiger partial charge in [-0.25, -0.2) is 4.79 Å². The highest BCUT2D eigenvalue weighted by molar-refractivity contribution is 6.03. The number of methoxy groups -OCH3 is 1. The molecule has 0 aromatic heterocycles. The van der Waals surface area contributed by atoms with Crippen LogP contribution in [0, 0.1) is 17.8 Å². The largest absolute Gasteiger partial charge is 0.496 e. The van der Waals surface area contributed by atoms with Gasteiger partial charge in [-0.3, -0.25) is 9.69 Å². The second-order valence-electron chi connectivity index (χ2n) is 19.3. The third-order valence-electron chi connectivity index (χ3n) is 14.6. The molecule has 394 valence electrons. The number of fused-ring (bicyclic) bond motifs is 3. The van der Waals surface area contributed by atoms with Crippen molar-refractivity contribution in [3.05, 3.63) is 131 Å². The van der Waals surface area contributed by atoms with E-state index in [1.54, 1.807) is 29.2 Å². The summed E-state index contributed by atoms with van der Waals surface area (Å²) in [7, 11) is 1.51. The first-order valence-corrected chi connectivity index (χ1v) is 26.0. The highest BCUT2D eigenvalue weighted by Gasteiger charge is 2.66. The van der Waals surface area contributed by atoms with E-state index in [1.807, 2.05) is 66.7 Å². The van der Waals surface area contributed by atoms with Gasteiger partial charge in [0.2, 0.25) is 18.9 Å². The van der Waals surface area contributed by atoms with Crippen molar-refractivity contribution in [1.29, 1.82) is 0 Å². The predicted octanol–water partition coefficient (Wildman–Crippen LogP) is 10.0. The summed E-state index contributed by atoms with van der Waals surface area (Å²) >= 11 is 0. The standard InChI is InChI=1S/C58H68N2O14/c1-3-26-71-58-53(60(35-40-18-21-51-52(30-40)70-38-69-51)57(64)68-29-28-66-37-39-13-5-4-6-14-39)34-48(59-74-54-17-9-12-27-67-54)46-32-41(15-7-10-24-61)45(16-8-11-25-62)55(56(46)58)47-33-44(20-23-50(47)73-58)72-43-19-22-49(65-2)42(31-43)36-63/h3-6,13-14,18-23,30-33,36,41,45,53-56,61-62H,1,7-12,15-17,24-29,34-35,37-38H2,2H3. The normalized spacial score (nSPS) is 23.9. The van der Waals surface area contributed by atoms with Gasteiger partial charge in [0.25, 0.3) is 0 Å². The number of oxime groups is 1. The lowest BCUT2D eigenvalue weighted by molar-refractivity contribution is -0.256. The minimum absolute atomic E-state index is 0.0147. The van der Waals surface area contributed by atoms with Crippen LogP contribution in [0.25, 0.3) is 0 Å². The summed E-state index contributed by atoms with van der Waals surface area (Å²) in [5.74, 6) is 0.464. The van der Waals surface area contributed by atoms with Crippen LogP contribution in [0.15, 0.2) is 114 Å². The third-order valence-corrected chi connectivity index (χ3v) is 14.6. The smallest absolute Gasteiger partial charge is 0.410 e. The first-order chi connectivity index (χ1) is 36.4. The van der Waals surface area contributed by atoms with Crippen LogP contribution >= 0.6 is 0 Å². The number of benzene rings is 4. The van der Waals surface area contributed by atoms with Crippen LogP contribution in [0.2, 0.25) is 0 Å².